The SMILES string of the molecule is Cc1cc(Oc2cccc(Cl)c2)ncc1-n1ncc(C(=O)C2=Cc3cc(F)c(CS(C)(=O)=O)cc3C2)c1N. The van der Waals surface area contributed by atoms with Gasteiger partial charge in [0.1, 0.15) is 17.4 Å². The Balaban J connectivity index is 1.37. The van der Waals surface area contributed by atoms with Gasteiger partial charge in [0.15, 0.2) is 15.6 Å². The third kappa shape index (κ3) is 5.18. The largest absolute Gasteiger partial charge is 0.439 e. The van der Waals surface area contributed by atoms with Gasteiger partial charge in [-0.05, 0) is 54.0 Å². The molecule has 0 saturated carbocycles. The Morgan fingerprint density at radius 1 is 1.21 bits per heavy atom. The minimum atomic E-state index is -3.41. The maximum atomic E-state index is 14.5. The first-order valence-corrected chi connectivity index (χ1v) is 13.9. The summed E-state index contributed by atoms with van der Waals surface area (Å²) < 4.78 is 44.9. The molecule has 0 radical (unpaired) electrons. The van der Waals surface area contributed by atoms with E-state index in [1.165, 1.54) is 23.0 Å². The number of rotatable bonds is 7. The summed E-state index contributed by atoms with van der Waals surface area (Å²) in [5.41, 5.74) is 9.53. The molecule has 11 heteroatoms. The van der Waals surface area contributed by atoms with E-state index in [0.29, 0.717) is 39.0 Å². The zero-order chi connectivity index (χ0) is 27.2. The first kappa shape index (κ1) is 25.6. The summed E-state index contributed by atoms with van der Waals surface area (Å²) in [6, 6.07) is 11.4. The molecule has 0 bridgehead atoms. The number of nitrogen functional groups attached to an aromatic ring is 1. The number of ketones is 1. The van der Waals surface area contributed by atoms with Gasteiger partial charge in [0.2, 0.25) is 5.88 Å². The van der Waals surface area contributed by atoms with Gasteiger partial charge in [0.05, 0.1) is 29.4 Å². The summed E-state index contributed by atoms with van der Waals surface area (Å²) >= 11 is 6.01. The first-order valence-electron chi connectivity index (χ1n) is 11.5. The highest BCUT2D eigenvalue weighted by Crippen LogP contribution is 2.32. The van der Waals surface area contributed by atoms with E-state index in [2.05, 4.69) is 10.1 Å². The molecule has 4 aromatic rings. The Labute approximate surface area is 223 Å². The maximum Gasteiger partial charge on any atom is 0.219 e. The minimum Gasteiger partial charge on any atom is -0.439 e. The van der Waals surface area contributed by atoms with Gasteiger partial charge in [-0.15, -0.1) is 0 Å². The molecule has 38 heavy (non-hydrogen) atoms. The molecule has 1 aliphatic rings. The van der Waals surface area contributed by atoms with Crippen molar-refractivity contribution in [3.8, 4) is 17.3 Å². The molecule has 1 aliphatic carbocycles. The lowest BCUT2D eigenvalue weighted by Gasteiger charge is -2.11. The number of hydrogen-bond donors (Lipinski definition) is 1. The average Bonchev–Trinajstić information content (AvgIpc) is 3.41. The van der Waals surface area contributed by atoms with Crippen molar-refractivity contribution in [2.24, 2.45) is 0 Å². The molecule has 0 spiro atoms. The van der Waals surface area contributed by atoms with Gasteiger partial charge in [0.25, 0.3) is 0 Å². The van der Waals surface area contributed by atoms with E-state index in [4.69, 9.17) is 22.1 Å². The topological polar surface area (TPSA) is 117 Å². The average molecular weight is 553 g/mol. The van der Waals surface area contributed by atoms with Crippen LogP contribution < -0.4 is 10.5 Å². The number of carbonyl (C=O) groups excluding carboxylic acids is 1. The van der Waals surface area contributed by atoms with Gasteiger partial charge in [-0.3, -0.25) is 4.79 Å². The Morgan fingerprint density at radius 2 is 2.00 bits per heavy atom. The number of aryl methyl sites for hydroxylation is 1. The van der Waals surface area contributed by atoms with Gasteiger partial charge in [-0.25, -0.2) is 22.5 Å². The van der Waals surface area contributed by atoms with E-state index in [-0.39, 0.29) is 29.1 Å². The number of anilines is 1. The van der Waals surface area contributed by atoms with Crippen LogP contribution >= 0.6 is 11.6 Å². The van der Waals surface area contributed by atoms with E-state index in [1.54, 1.807) is 42.6 Å². The smallest absolute Gasteiger partial charge is 0.219 e. The fourth-order valence-electron chi connectivity index (χ4n) is 4.30. The van der Waals surface area contributed by atoms with Crippen LogP contribution in [0.15, 0.2) is 60.4 Å². The molecule has 2 heterocycles. The van der Waals surface area contributed by atoms with Gasteiger partial charge < -0.3 is 10.5 Å². The number of pyridine rings is 1. The molecule has 5 rings (SSSR count). The van der Waals surface area contributed by atoms with Crippen molar-refractivity contribution in [1.82, 2.24) is 14.8 Å². The van der Waals surface area contributed by atoms with E-state index in [9.17, 15) is 17.6 Å². The summed E-state index contributed by atoms with van der Waals surface area (Å²) in [5, 5.41) is 4.84. The summed E-state index contributed by atoms with van der Waals surface area (Å²) in [6.45, 7) is 1.84. The van der Waals surface area contributed by atoms with Crippen molar-refractivity contribution in [3.63, 3.8) is 0 Å². The second kappa shape index (κ2) is 9.70. The van der Waals surface area contributed by atoms with Crippen LogP contribution in [-0.2, 0) is 22.0 Å². The summed E-state index contributed by atoms with van der Waals surface area (Å²) in [5.74, 6) is -0.363. The lowest BCUT2D eigenvalue weighted by Crippen LogP contribution is -2.09. The molecule has 0 fully saturated rings. The monoisotopic (exact) mass is 552 g/mol. The predicted molar refractivity (Wildman–Crippen MR) is 143 cm³/mol. The fraction of sp³-hybridized carbons (Fsp3) is 0.148. The number of carbonyl (C=O) groups is 1. The van der Waals surface area contributed by atoms with E-state index >= 15 is 0 Å². The lowest BCUT2D eigenvalue weighted by atomic mass is 10.0. The number of nitrogens with zero attached hydrogens (tertiary/aromatic N) is 3. The standard InChI is InChI=1S/C27H22ClFN4O4S/c1-15-6-25(37-21-5-3-4-20(28)11-21)31-13-24(15)33-27(30)22(12-32-33)26(34)18-7-16-9-19(14-38(2,35)36)23(29)10-17(16)8-18/h3-6,8-13H,7,14,30H2,1-2H3. The highest BCUT2D eigenvalue weighted by atomic mass is 35.5. The molecular weight excluding hydrogens is 531 g/mol. The van der Waals surface area contributed by atoms with Crippen LogP contribution in [0, 0.1) is 12.7 Å². The van der Waals surface area contributed by atoms with Crippen LogP contribution in [0.5, 0.6) is 11.6 Å². The van der Waals surface area contributed by atoms with Crippen molar-refractivity contribution < 1.29 is 22.3 Å². The Bertz CT molecular complexity index is 1750. The normalized spacial score (nSPS) is 12.8. The number of ether oxygens (including phenoxy) is 1. The molecule has 0 unspecified atom stereocenters. The molecule has 2 aromatic carbocycles. The van der Waals surface area contributed by atoms with E-state index < -0.39 is 21.4 Å². The van der Waals surface area contributed by atoms with Gasteiger partial charge in [0, 0.05) is 34.9 Å². The number of benzene rings is 2. The van der Waals surface area contributed by atoms with E-state index in [1.807, 2.05) is 6.92 Å². The summed E-state index contributed by atoms with van der Waals surface area (Å²) in [6.07, 6.45) is 5.80. The molecule has 0 aliphatic heterocycles. The van der Waals surface area contributed by atoms with Crippen molar-refractivity contribution in [3.05, 3.63) is 99.1 Å². The highest BCUT2D eigenvalue weighted by Gasteiger charge is 2.26. The first-order chi connectivity index (χ1) is 18.0. The number of fused-ring (bicyclic) bond motifs is 1. The quantitative estimate of drug-likeness (QED) is 0.317. The van der Waals surface area contributed by atoms with Gasteiger partial charge in [-0.2, -0.15) is 5.10 Å². The van der Waals surface area contributed by atoms with Crippen LogP contribution in [0.2, 0.25) is 5.02 Å². The molecule has 0 saturated heterocycles. The fourth-order valence-corrected chi connectivity index (χ4v) is 5.27. The van der Waals surface area contributed by atoms with Crippen LogP contribution in [0.25, 0.3) is 11.8 Å². The minimum absolute atomic E-state index is 0.0754. The number of nitrogens with two attached hydrogens (primary N) is 1. The van der Waals surface area contributed by atoms with Gasteiger partial charge in [-0.1, -0.05) is 23.7 Å². The summed E-state index contributed by atoms with van der Waals surface area (Å²) in [7, 11) is -3.41. The Morgan fingerprint density at radius 3 is 2.71 bits per heavy atom. The van der Waals surface area contributed by atoms with Crippen LogP contribution in [0.3, 0.4) is 0 Å². The number of aromatic nitrogens is 3. The predicted octanol–water partition coefficient (Wildman–Crippen LogP) is 5.11. The second-order valence-corrected chi connectivity index (χ2v) is 11.7. The Kier molecular flexibility index (Phi) is 6.54. The maximum absolute atomic E-state index is 14.5. The second-order valence-electron chi connectivity index (χ2n) is 9.11. The molecule has 2 N–H and O–H groups in total. The molecule has 8 nitrogen and oxygen atoms in total. The number of sulfone groups is 1. The third-order valence-electron chi connectivity index (χ3n) is 6.08. The van der Waals surface area contributed by atoms with Crippen LogP contribution in [0.1, 0.15) is 32.6 Å². The van der Waals surface area contributed by atoms with Crippen molar-refractivity contribution in [2.45, 2.75) is 19.1 Å². The van der Waals surface area contributed by atoms with Crippen LogP contribution in [-0.4, -0.2) is 35.2 Å². The van der Waals surface area contributed by atoms with Crippen LogP contribution in [0.4, 0.5) is 10.2 Å². The zero-order valence-corrected chi connectivity index (χ0v) is 22.0. The van der Waals surface area contributed by atoms with E-state index in [0.717, 1.165) is 11.8 Å². The number of Topliss-reactive ketones (excluding diaryl/α,β-unsaturated/α-hetero) is 1. The summed E-state index contributed by atoms with van der Waals surface area (Å²) in [4.78, 5) is 17.6. The molecule has 0 atom stereocenters. The van der Waals surface area contributed by atoms with Gasteiger partial charge >= 0.3 is 0 Å². The Hall–Kier alpha value is -4.02. The highest BCUT2D eigenvalue weighted by molar-refractivity contribution is 7.89. The lowest BCUT2D eigenvalue weighted by molar-refractivity contribution is 0.103. The number of halogens is 2. The van der Waals surface area contributed by atoms with Crippen molar-refractivity contribution in [1.29, 1.82) is 0 Å². The third-order valence-corrected chi connectivity index (χ3v) is 7.15. The van der Waals surface area contributed by atoms with Crippen molar-refractivity contribution in [2.75, 3.05) is 12.0 Å². The molecule has 194 valence electrons. The van der Waals surface area contributed by atoms with Crippen molar-refractivity contribution >= 4 is 39.1 Å². The zero-order valence-electron chi connectivity index (χ0n) is 20.4. The molecule has 2 aromatic heterocycles. The number of allylic oxidation sites excluding steroid dienone is 1. The molecular formula is C27H22ClFN4O4S. The number of hydrogen-bond acceptors (Lipinski definition) is 7. The molecule has 0 amide bonds.